The standard InChI is InChI=1S/C23H26N4O2S/c24-13-16-4-1-7-18(12-16)23(29)27-11-3-8-19(14-27)22-26-20(15-30-22)9-10-25-21(28)17-5-2-6-17/h1,4,7,12,15,17,19H,2-3,5-6,8-11,14H2,(H,25,28)/t19-/m0/s1. The van der Waals surface area contributed by atoms with Gasteiger partial charge in [-0.2, -0.15) is 5.26 Å². The first-order valence-corrected chi connectivity index (χ1v) is 11.5. The largest absolute Gasteiger partial charge is 0.355 e. The van der Waals surface area contributed by atoms with Crippen molar-refractivity contribution >= 4 is 23.2 Å². The molecule has 2 fully saturated rings. The minimum absolute atomic E-state index is 0.0210. The molecule has 0 spiro atoms. The quantitative estimate of drug-likeness (QED) is 0.772. The van der Waals surface area contributed by atoms with E-state index in [-0.39, 0.29) is 23.7 Å². The van der Waals surface area contributed by atoms with Crippen molar-refractivity contribution in [1.29, 1.82) is 5.26 Å². The minimum atomic E-state index is -0.0210. The van der Waals surface area contributed by atoms with Crippen LogP contribution in [0.5, 0.6) is 0 Å². The molecule has 0 unspecified atom stereocenters. The van der Waals surface area contributed by atoms with Crippen molar-refractivity contribution < 1.29 is 9.59 Å². The average Bonchev–Trinajstić information content (AvgIpc) is 3.21. The van der Waals surface area contributed by atoms with Gasteiger partial charge in [0, 0.05) is 48.8 Å². The number of piperidine rings is 1. The van der Waals surface area contributed by atoms with Crippen molar-refractivity contribution in [1.82, 2.24) is 15.2 Å². The van der Waals surface area contributed by atoms with Gasteiger partial charge >= 0.3 is 0 Å². The number of benzene rings is 1. The molecule has 6 nitrogen and oxygen atoms in total. The fourth-order valence-corrected chi connectivity index (χ4v) is 5.00. The van der Waals surface area contributed by atoms with E-state index in [1.165, 1.54) is 0 Å². The highest BCUT2D eigenvalue weighted by Crippen LogP contribution is 2.30. The molecule has 1 saturated carbocycles. The Morgan fingerprint density at radius 1 is 1.27 bits per heavy atom. The molecule has 156 valence electrons. The van der Waals surface area contributed by atoms with Crippen LogP contribution in [0.3, 0.4) is 0 Å². The number of rotatable bonds is 6. The molecular formula is C23H26N4O2S. The summed E-state index contributed by atoms with van der Waals surface area (Å²) in [5.74, 6) is 0.617. The number of aromatic nitrogens is 1. The Kier molecular flexibility index (Phi) is 6.44. The molecule has 2 aromatic rings. The zero-order valence-electron chi connectivity index (χ0n) is 17.0. The summed E-state index contributed by atoms with van der Waals surface area (Å²) in [4.78, 5) is 31.5. The van der Waals surface area contributed by atoms with Crippen LogP contribution in [-0.2, 0) is 11.2 Å². The zero-order valence-corrected chi connectivity index (χ0v) is 17.8. The summed E-state index contributed by atoms with van der Waals surface area (Å²) < 4.78 is 0. The molecule has 1 aliphatic heterocycles. The molecule has 4 rings (SSSR count). The minimum Gasteiger partial charge on any atom is -0.355 e. The summed E-state index contributed by atoms with van der Waals surface area (Å²) in [6, 6.07) is 8.99. The molecule has 2 heterocycles. The maximum atomic E-state index is 12.9. The fraction of sp³-hybridized carbons (Fsp3) is 0.478. The lowest BCUT2D eigenvalue weighted by atomic mass is 9.85. The van der Waals surface area contributed by atoms with Crippen LogP contribution < -0.4 is 5.32 Å². The van der Waals surface area contributed by atoms with Crippen molar-refractivity contribution in [2.24, 2.45) is 5.92 Å². The van der Waals surface area contributed by atoms with Gasteiger partial charge in [0.15, 0.2) is 0 Å². The first-order chi connectivity index (χ1) is 14.6. The van der Waals surface area contributed by atoms with Crippen LogP contribution in [0, 0.1) is 17.2 Å². The summed E-state index contributed by atoms with van der Waals surface area (Å²) in [6.45, 7) is 2.02. The number of amides is 2. The molecule has 0 bridgehead atoms. The van der Waals surface area contributed by atoms with Crippen molar-refractivity contribution in [3.63, 3.8) is 0 Å². The van der Waals surface area contributed by atoms with Crippen molar-refractivity contribution in [2.45, 2.75) is 44.4 Å². The second-order valence-electron chi connectivity index (χ2n) is 8.13. The Labute approximate surface area is 180 Å². The van der Waals surface area contributed by atoms with E-state index in [2.05, 4.69) is 16.8 Å². The van der Waals surface area contributed by atoms with Gasteiger partial charge in [0.1, 0.15) is 0 Å². The third-order valence-electron chi connectivity index (χ3n) is 6.02. The number of hydrogen-bond acceptors (Lipinski definition) is 5. The molecule has 7 heteroatoms. The third kappa shape index (κ3) is 4.71. The summed E-state index contributed by atoms with van der Waals surface area (Å²) in [5, 5.41) is 15.2. The first-order valence-electron chi connectivity index (χ1n) is 10.7. The lowest BCUT2D eigenvalue weighted by Crippen LogP contribution is -2.39. The van der Waals surface area contributed by atoms with Gasteiger partial charge in [-0.25, -0.2) is 4.98 Å². The molecule has 2 aliphatic rings. The van der Waals surface area contributed by atoms with Gasteiger partial charge in [-0.1, -0.05) is 12.5 Å². The van der Waals surface area contributed by atoms with Crippen LogP contribution >= 0.6 is 11.3 Å². The average molecular weight is 423 g/mol. The first kappa shape index (κ1) is 20.5. The van der Waals surface area contributed by atoms with Crippen LogP contribution in [0.25, 0.3) is 0 Å². The fourth-order valence-electron chi connectivity index (χ4n) is 4.02. The summed E-state index contributed by atoms with van der Waals surface area (Å²) in [6.07, 6.45) is 5.91. The highest BCUT2D eigenvalue weighted by Gasteiger charge is 2.28. The predicted molar refractivity (Wildman–Crippen MR) is 115 cm³/mol. The maximum Gasteiger partial charge on any atom is 0.253 e. The van der Waals surface area contributed by atoms with Crippen LogP contribution in [0.2, 0.25) is 0 Å². The molecule has 0 radical (unpaired) electrons. The summed E-state index contributed by atoms with van der Waals surface area (Å²) in [5.41, 5.74) is 2.08. The highest BCUT2D eigenvalue weighted by atomic mass is 32.1. The van der Waals surface area contributed by atoms with Gasteiger partial charge in [0.25, 0.3) is 5.91 Å². The van der Waals surface area contributed by atoms with Gasteiger partial charge in [-0.3, -0.25) is 9.59 Å². The van der Waals surface area contributed by atoms with Gasteiger partial charge in [-0.05, 0) is 43.9 Å². The van der Waals surface area contributed by atoms with Crippen LogP contribution in [0.4, 0.5) is 0 Å². The topological polar surface area (TPSA) is 86.1 Å². The molecule has 1 saturated heterocycles. The molecule has 1 N–H and O–H groups in total. The van der Waals surface area contributed by atoms with Gasteiger partial charge in [0.05, 0.1) is 22.3 Å². The molecule has 1 atom stereocenters. The van der Waals surface area contributed by atoms with Crippen LogP contribution in [0.15, 0.2) is 29.6 Å². The SMILES string of the molecule is N#Cc1cccc(C(=O)N2CCC[C@H](c3nc(CCNC(=O)C4CCC4)cs3)C2)c1. The van der Waals surface area contributed by atoms with E-state index >= 15 is 0 Å². The monoisotopic (exact) mass is 422 g/mol. The predicted octanol–water partition coefficient (Wildman–Crippen LogP) is 3.49. The van der Waals surface area contributed by atoms with Crippen LogP contribution in [-0.4, -0.2) is 41.3 Å². The van der Waals surface area contributed by atoms with E-state index < -0.39 is 0 Å². The normalized spacial score (nSPS) is 19.0. The Morgan fingerprint density at radius 3 is 2.90 bits per heavy atom. The number of carbonyl (C=O) groups is 2. The van der Waals surface area contributed by atoms with E-state index in [0.29, 0.717) is 24.2 Å². The van der Waals surface area contributed by atoms with Crippen molar-refractivity contribution in [2.75, 3.05) is 19.6 Å². The zero-order chi connectivity index (χ0) is 20.9. The number of nitrogens with one attached hydrogen (secondary N) is 1. The Balaban J connectivity index is 1.32. The number of hydrogen-bond donors (Lipinski definition) is 1. The van der Waals surface area contributed by atoms with Crippen molar-refractivity contribution in [3.8, 4) is 6.07 Å². The molecule has 2 amide bonds. The molecular weight excluding hydrogens is 396 g/mol. The van der Waals surface area contributed by atoms with E-state index in [4.69, 9.17) is 10.2 Å². The number of nitrogens with zero attached hydrogens (tertiary/aromatic N) is 3. The van der Waals surface area contributed by atoms with E-state index in [1.54, 1.807) is 35.6 Å². The van der Waals surface area contributed by atoms with Gasteiger partial charge in [-0.15, -0.1) is 11.3 Å². The van der Waals surface area contributed by atoms with Gasteiger partial charge < -0.3 is 10.2 Å². The number of carbonyl (C=O) groups excluding carboxylic acids is 2. The lowest BCUT2D eigenvalue weighted by molar-refractivity contribution is -0.127. The van der Waals surface area contributed by atoms with E-state index in [1.807, 2.05) is 4.90 Å². The second-order valence-corrected chi connectivity index (χ2v) is 9.02. The molecule has 1 aromatic heterocycles. The summed E-state index contributed by atoms with van der Waals surface area (Å²) in [7, 11) is 0. The summed E-state index contributed by atoms with van der Waals surface area (Å²) >= 11 is 1.65. The van der Waals surface area contributed by atoms with E-state index in [0.717, 1.165) is 55.8 Å². The maximum absolute atomic E-state index is 12.9. The Bertz CT molecular complexity index is 960. The number of likely N-dealkylation sites (tertiary alicyclic amines) is 1. The smallest absolute Gasteiger partial charge is 0.253 e. The third-order valence-corrected chi connectivity index (χ3v) is 7.08. The van der Waals surface area contributed by atoms with Gasteiger partial charge in [0.2, 0.25) is 5.91 Å². The second kappa shape index (κ2) is 9.40. The van der Waals surface area contributed by atoms with Crippen molar-refractivity contribution in [3.05, 3.63) is 51.5 Å². The Morgan fingerprint density at radius 2 is 2.13 bits per heavy atom. The Hall–Kier alpha value is -2.72. The number of nitriles is 1. The molecule has 1 aromatic carbocycles. The molecule has 30 heavy (non-hydrogen) atoms. The molecule has 1 aliphatic carbocycles. The lowest BCUT2D eigenvalue weighted by Gasteiger charge is -2.32. The van der Waals surface area contributed by atoms with Crippen LogP contribution in [0.1, 0.15) is 64.6 Å². The highest BCUT2D eigenvalue weighted by molar-refractivity contribution is 7.09. The van der Waals surface area contributed by atoms with E-state index in [9.17, 15) is 9.59 Å². The number of thiazole rings is 1.